The van der Waals surface area contributed by atoms with E-state index in [4.69, 9.17) is 4.99 Å². The van der Waals surface area contributed by atoms with Crippen LogP contribution in [-0.2, 0) is 4.79 Å². The van der Waals surface area contributed by atoms with E-state index in [0.717, 1.165) is 30.6 Å². The number of amides is 2. The quantitative estimate of drug-likeness (QED) is 0.473. The summed E-state index contributed by atoms with van der Waals surface area (Å²) in [6, 6.07) is 28.5. The molecule has 4 rings (SSSR count). The zero-order chi connectivity index (χ0) is 22.2. The monoisotopic (exact) mass is 443 g/mol. The van der Waals surface area contributed by atoms with Crippen molar-refractivity contribution in [3.8, 4) is 0 Å². The first kappa shape index (κ1) is 21.8. The lowest BCUT2D eigenvalue weighted by atomic mass is 10.1. The van der Waals surface area contributed by atoms with E-state index in [9.17, 15) is 9.59 Å². The van der Waals surface area contributed by atoms with E-state index in [1.54, 1.807) is 17.0 Å². The Labute approximate surface area is 192 Å². The van der Waals surface area contributed by atoms with Gasteiger partial charge in [-0.3, -0.25) is 14.5 Å². The van der Waals surface area contributed by atoms with Gasteiger partial charge in [0.2, 0.25) is 5.91 Å². The number of para-hydroxylation sites is 2. The lowest BCUT2D eigenvalue weighted by Crippen LogP contribution is -2.32. The van der Waals surface area contributed by atoms with Crippen molar-refractivity contribution in [2.45, 2.75) is 24.5 Å². The maximum absolute atomic E-state index is 13.2. The highest BCUT2D eigenvalue weighted by molar-refractivity contribution is 8.16. The zero-order valence-corrected chi connectivity index (χ0v) is 18.5. The fourth-order valence-electron chi connectivity index (χ4n) is 3.50. The minimum absolute atomic E-state index is 0.0594. The number of hydrogen-bond acceptors (Lipinski definition) is 4. The summed E-state index contributed by atoms with van der Waals surface area (Å²) >= 11 is 1.52. The van der Waals surface area contributed by atoms with Gasteiger partial charge in [0.15, 0.2) is 5.17 Å². The highest BCUT2D eigenvalue weighted by Crippen LogP contribution is 2.35. The number of nitrogens with one attached hydrogen (secondary N) is 1. The summed E-state index contributed by atoms with van der Waals surface area (Å²) < 4.78 is 0. The van der Waals surface area contributed by atoms with E-state index in [1.807, 2.05) is 78.9 Å². The summed E-state index contributed by atoms with van der Waals surface area (Å²) in [7, 11) is 0. The molecule has 0 bridgehead atoms. The van der Waals surface area contributed by atoms with Gasteiger partial charge in [-0.05, 0) is 49.2 Å². The topological polar surface area (TPSA) is 61.8 Å². The van der Waals surface area contributed by atoms with Crippen molar-refractivity contribution in [2.24, 2.45) is 4.99 Å². The van der Waals surface area contributed by atoms with Gasteiger partial charge in [0, 0.05) is 12.1 Å². The minimum atomic E-state index is -0.178. The van der Waals surface area contributed by atoms with Crippen molar-refractivity contribution in [1.29, 1.82) is 0 Å². The third-order valence-electron chi connectivity index (χ3n) is 5.14. The van der Waals surface area contributed by atoms with Crippen LogP contribution in [0.15, 0.2) is 96.0 Å². The Hall–Kier alpha value is -3.38. The number of rotatable bonds is 8. The van der Waals surface area contributed by atoms with Crippen molar-refractivity contribution in [1.82, 2.24) is 5.32 Å². The Kier molecular flexibility index (Phi) is 7.35. The molecule has 1 aliphatic heterocycles. The molecule has 0 unspecified atom stereocenters. The maximum Gasteiger partial charge on any atom is 0.251 e. The second kappa shape index (κ2) is 10.8. The van der Waals surface area contributed by atoms with E-state index >= 15 is 0 Å². The highest BCUT2D eigenvalue weighted by atomic mass is 32.2. The van der Waals surface area contributed by atoms with Gasteiger partial charge in [-0.2, -0.15) is 0 Å². The zero-order valence-electron chi connectivity index (χ0n) is 17.7. The molecule has 1 heterocycles. The molecular weight excluding hydrogens is 418 g/mol. The van der Waals surface area contributed by atoms with Crippen LogP contribution in [0.4, 0.5) is 11.4 Å². The molecule has 3 aromatic carbocycles. The second-order valence-electron chi connectivity index (χ2n) is 7.46. The third-order valence-corrected chi connectivity index (χ3v) is 6.35. The lowest BCUT2D eigenvalue weighted by molar-refractivity contribution is -0.117. The SMILES string of the molecule is O=C(NCCCC[C@H]1SC(=Nc2ccccc2)N(c2ccccc2)C1=O)c1ccccc1. The summed E-state index contributed by atoms with van der Waals surface area (Å²) in [5.74, 6) is -0.00588. The molecule has 5 nitrogen and oxygen atoms in total. The summed E-state index contributed by atoms with van der Waals surface area (Å²) in [5.41, 5.74) is 2.32. The standard InChI is InChI=1S/C26H25N3O2S/c30-24(20-12-4-1-5-13-20)27-19-11-10-18-23-25(31)29(22-16-8-3-9-17-22)26(32-23)28-21-14-6-2-7-15-21/h1-9,12-17,23H,10-11,18-19H2,(H,27,30)/t23-/m1/s1. The van der Waals surface area contributed by atoms with Gasteiger partial charge < -0.3 is 5.32 Å². The van der Waals surface area contributed by atoms with Crippen LogP contribution in [0.25, 0.3) is 0 Å². The Morgan fingerprint density at radius 1 is 0.875 bits per heavy atom. The van der Waals surface area contributed by atoms with Gasteiger partial charge >= 0.3 is 0 Å². The number of carbonyl (C=O) groups excluding carboxylic acids is 2. The maximum atomic E-state index is 13.2. The van der Waals surface area contributed by atoms with Gasteiger partial charge in [-0.15, -0.1) is 0 Å². The Morgan fingerprint density at radius 3 is 2.19 bits per heavy atom. The van der Waals surface area contributed by atoms with Crippen LogP contribution in [0.2, 0.25) is 0 Å². The molecule has 0 aromatic heterocycles. The van der Waals surface area contributed by atoms with Crippen LogP contribution in [0.1, 0.15) is 29.6 Å². The number of thioether (sulfide) groups is 1. The van der Waals surface area contributed by atoms with E-state index in [1.165, 1.54) is 11.8 Å². The van der Waals surface area contributed by atoms with E-state index in [-0.39, 0.29) is 17.1 Å². The van der Waals surface area contributed by atoms with Crippen LogP contribution in [0.3, 0.4) is 0 Å². The Balaban J connectivity index is 1.36. The smallest absolute Gasteiger partial charge is 0.251 e. The number of carbonyl (C=O) groups is 2. The summed E-state index contributed by atoms with van der Waals surface area (Å²) in [5, 5.41) is 3.47. The largest absolute Gasteiger partial charge is 0.352 e. The van der Waals surface area contributed by atoms with Crippen molar-refractivity contribution in [3.63, 3.8) is 0 Å². The van der Waals surface area contributed by atoms with Gasteiger partial charge in [0.1, 0.15) is 0 Å². The molecule has 1 atom stereocenters. The van der Waals surface area contributed by atoms with Gasteiger partial charge in [0.25, 0.3) is 5.91 Å². The van der Waals surface area contributed by atoms with E-state index in [0.29, 0.717) is 17.3 Å². The molecule has 1 N–H and O–H groups in total. The number of benzene rings is 3. The number of unbranched alkanes of at least 4 members (excludes halogenated alkanes) is 1. The molecule has 3 aromatic rings. The molecule has 6 heteroatoms. The molecule has 0 spiro atoms. The molecule has 2 amide bonds. The third kappa shape index (κ3) is 5.45. The van der Waals surface area contributed by atoms with Crippen molar-refractivity contribution >= 4 is 40.1 Å². The van der Waals surface area contributed by atoms with E-state index < -0.39 is 0 Å². The Morgan fingerprint density at radius 2 is 1.50 bits per heavy atom. The minimum Gasteiger partial charge on any atom is -0.352 e. The van der Waals surface area contributed by atoms with Crippen LogP contribution < -0.4 is 10.2 Å². The molecule has 1 aliphatic rings. The molecule has 32 heavy (non-hydrogen) atoms. The number of aliphatic imine (C=N–C) groups is 1. The summed E-state index contributed by atoms with van der Waals surface area (Å²) in [6.07, 6.45) is 2.40. The normalized spacial score (nSPS) is 17.0. The average molecular weight is 444 g/mol. The first-order valence-corrected chi connectivity index (χ1v) is 11.6. The first-order chi connectivity index (χ1) is 15.7. The number of nitrogens with zero attached hydrogens (tertiary/aromatic N) is 2. The molecule has 1 saturated heterocycles. The summed E-state index contributed by atoms with van der Waals surface area (Å²) in [6.45, 7) is 0.590. The van der Waals surface area contributed by atoms with Gasteiger partial charge in [-0.1, -0.05) is 72.8 Å². The van der Waals surface area contributed by atoms with Gasteiger partial charge in [-0.25, -0.2) is 4.99 Å². The lowest BCUT2D eigenvalue weighted by Gasteiger charge is -2.16. The molecule has 0 aliphatic carbocycles. The highest BCUT2D eigenvalue weighted by Gasteiger charge is 2.38. The molecule has 0 saturated carbocycles. The number of hydrogen-bond donors (Lipinski definition) is 1. The molecule has 162 valence electrons. The Bertz CT molecular complexity index is 1070. The first-order valence-electron chi connectivity index (χ1n) is 10.7. The fraction of sp³-hybridized carbons (Fsp3) is 0.192. The van der Waals surface area contributed by atoms with Crippen molar-refractivity contribution < 1.29 is 9.59 Å². The van der Waals surface area contributed by atoms with Crippen molar-refractivity contribution in [2.75, 3.05) is 11.4 Å². The van der Waals surface area contributed by atoms with Crippen LogP contribution in [0.5, 0.6) is 0 Å². The fourth-order valence-corrected chi connectivity index (χ4v) is 4.71. The molecule has 0 radical (unpaired) electrons. The van der Waals surface area contributed by atoms with E-state index in [2.05, 4.69) is 5.32 Å². The van der Waals surface area contributed by atoms with Crippen LogP contribution in [0, 0.1) is 0 Å². The summed E-state index contributed by atoms with van der Waals surface area (Å²) in [4.78, 5) is 31.8. The van der Waals surface area contributed by atoms with Crippen LogP contribution in [-0.4, -0.2) is 28.8 Å². The van der Waals surface area contributed by atoms with Crippen molar-refractivity contribution in [3.05, 3.63) is 96.6 Å². The molecular formula is C26H25N3O2S. The molecule has 1 fully saturated rings. The predicted molar refractivity (Wildman–Crippen MR) is 131 cm³/mol. The average Bonchev–Trinajstić information content (AvgIpc) is 3.15. The predicted octanol–water partition coefficient (Wildman–Crippen LogP) is 5.42. The van der Waals surface area contributed by atoms with Gasteiger partial charge in [0.05, 0.1) is 16.6 Å². The van der Waals surface area contributed by atoms with Crippen LogP contribution >= 0.6 is 11.8 Å². The second-order valence-corrected chi connectivity index (χ2v) is 8.63. The number of anilines is 1. The number of amidine groups is 1.